The fourth-order valence-electron chi connectivity index (χ4n) is 3.50. The molecule has 1 N–H and O–H groups in total. The number of rotatable bonds is 8. The standard InChI is InChI=1S/C24H32N2O3/c1-18(2)22-9-4-5-10-23(22)29-19(3)24(27)25-16-20-7-6-8-21(15-20)17-26-11-13-28-14-12-26/h4-10,15,18-19H,11-14,16-17H2,1-3H3,(H,25,27)/t19-/m1/s1. The SMILES string of the molecule is CC(C)c1ccccc1O[C@H](C)C(=O)NCc1cccc(CN2CCOCC2)c1. The molecule has 1 atom stereocenters. The number of hydrogen-bond donors (Lipinski definition) is 1. The minimum atomic E-state index is -0.550. The summed E-state index contributed by atoms with van der Waals surface area (Å²) in [5.41, 5.74) is 3.47. The van der Waals surface area contributed by atoms with Gasteiger partial charge in [0.2, 0.25) is 0 Å². The van der Waals surface area contributed by atoms with Gasteiger partial charge in [0.05, 0.1) is 13.2 Å². The highest BCUT2D eigenvalue weighted by atomic mass is 16.5. The number of nitrogens with one attached hydrogen (secondary N) is 1. The zero-order chi connectivity index (χ0) is 20.6. The van der Waals surface area contributed by atoms with Gasteiger partial charge in [0.1, 0.15) is 5.75 Å². The summed E-state index contributed by atoms with van der Waals surface area (Å²) in [7, 11) is 0. The molecule has 2 aromatic carbocycles. The first-order valence-electron chi connectivity index (χ1n) is 10.4. The van der Waals surface area contributed by atoms with Crippen LogP contribution in [-0.2, 0) is 22.6 Å². The molecule has 0 unspecified atom stereocenters. The number of carbonyl (C=O) groups excluding carboxylic acids is 1. The Morgan fingerprint density at radius 2 is 1.79 bits per heavy atom. The Morgan fingerprint density at radius 3 is 2.55 bits per heavy atom. The van der Waals surface area contributed by atoms with Gasteiger partial charge in [-0.3, -0.25) is 9.69 Å². The highest BCUT2D eigenvalue weighted by molar-refractivity contribution is 5.80. The Labute approximate surface area is 174 Å². The Bertz CT molecular complexity index is 800. The van der Waals surface area contributed by atoms with Gasteiger partial charge in [-0.15, -0.1) is 0 Å². The van der Waals surface area contributed by atoms with Gasteiger partial charge >= 0.3 is 0 Å². The molecule has 1 amide bonds. The van der Waals surface area contributed by atoms with Crippen molar-refractivity contribution in [3.8, 4) is 5.75 Å². The van der Waals surface area contributed by atoms with E-state index in [4.69, 9.17) is 9.47 Å². The van der Waals surface area contributed by atoms with E-state index in [-0.39, 0.29) is 5.91 Å². The molecule has 156 valence electrons. The van der Waals surface area contributed by atoms with Gasteiger partial charge in [-0.1, -0.05) is 56.3 Å². The van der Waals surface area contributed by atoms with E-state index in [2.05, 4.69) is 42.3 Å². The minimum Gasteiger partial charge on any atom is -0.481 e. The number of ether oxygens (including phenoxy) is 2. The van der Waals surface area contributed by atoms with Crippen molar-refractivity contribution < 1.29 is 14.3 Å². The molecule has 3 rings (SSSR count). The van der Waals surface area contributed by atoms with E-state index in [1.807, 2.05) is 30.3 Å². The lowest BCUT2D eigenvalue weighted by molar-refractivity contribution is -0.127. The first-order chi connectivity index (χ1) is 14.0. The second kappa shape index (κ2) is 10.4. The van der Waals surface area contributed by atoms with Crippen LogP contribution in [-0.4, -0.2) is 43.2 Å². The minimum absolute atomic E-state index is 0.109. The van der Waals surface area contributed by atoms with Crippen LogP contribution in [0.3, 0.4) is 0 Å². The molecular weight excluding hydrogens is 364 g/mol. The second-order valence-corrected chi connectivity index (χ2v) is 7.88. The van der Waals surface area contributed by atoms with E-state index in [9.17, 15) is 4.79 Å². The molecule has 5 heteroatoms. The normalized spacial score (nSPS) is 15.9. The molecule has 1 fully saturated rings. The molecule has 0 saturated carbocycles. The maximum absolute atomic E-state index is 12.5. The number of amides is 1. The lowest BCUT2D eigenvalue weighted by Crippen LogP contribution is -2.36. The average molecular weight is 397 g/mol. The number of benzene rings is 2. The molecule has 0 spiro atoms. The van der Waals surface area contributed by atoms with Crippen LogP contribution >= 0.6 is 0 Å². The van der Waals surface area contributed by atoms with E-state index >= 15 is 0 Å². The Hall–Kier alpha value is -2.37. The lowest BCUT2D eigenvalue weighted by Gasteiger charge is -2.26. The van der Waals surface area contributed by atoms with E-state index in [0.717, 1.165) is 49.7 Å². The number of hydrogen-bond acceptors (Lipinski definition) is 4. The van der Waals surface area contributed by atoms with Crippen LogP contribution in [0.5, 0.6) is 5.75 Å². The van der Waals surface area contributed by atoms with Crippen molar-refractivity contribution in [3.63, 3.8) is 0 Å². The summed E-state index contributed by atoms with van der Waals surface area (Å²) in [6.45, 7) is 11.0. The first kappa shape index (κ1) is 21.3. The molecule has 1 heterocycles. The van der Waals surface area contributed by atoms with E-state index in [1.165, 1.54) is 5.56 Å². The third-order valence-electron chi connectivity index (χ3n) is 5.18. The molecule has 1 saturated heterocycles. The largest absolute Gasteiger partial charge is 0.481 e. The predicted molar refractivity (Wildman–Crippen MR) is 115 cm³/mol. The predicted octanol–water partition coefficient (Wildman–Crippen LogP) is 3.73. The van der Waals surface area contributed by atoms with Gasteiger partial charge in [-0.25, -0.2) is 0 Å². The van der Waals surface area contributed by atoms with Crippen molar-refractivity contribution >= 4 is 5.91 Å². The number of carbonyl (C=O) groups is 1. The van der Waals surface area contributed by atoms with Crippen LogP contribution < -0.4 is 10.1 Å². The van der Waals surface area contributed by atoms with Crippen LogP contribution in [0.25, 0.3) is 0 Å². The first-order valence-corrected chi connectivity index (χ1v) is 10.4. The molecule has 2 aromatic rings. The molecule has 1 aliphatic heterocycles. The Balaban J connectivity index is 1.53. The molecular formula is C24H32N2O3. The number of nitrogens with zero attached hydrogens (tertiary/aromatic N) is 1. The third kappa shape index (κ3) is 6.31. The van der Waals surface area contributed by atoms with Crippen molar-refractivity contribution in [1.82, 2.24) is 10.2 Å². The van der Waals surface area contributed by atoms with Crippen LogP contribution in [0, 0.1) is 0 Å². The summed E-state index contributed by atoms with van der Waals surface area (Å²) in [4.78, 5) is 14.9. The van der Waals surface area contributed by atoms with E-state index in [1.54, 1.807) is 6.92 Å². The van der Waals surface area contributed by atoms with Crippen LogP contribution in [0.4, 0.5) is 0 Å². The average Bonchev–Trinajstić information content (AvgIpc) is 2.73. The van der Waals surface area contributed by atoms with Crippen molar-refractivity contribution in [2.75, 3.05) is 26.3 Å². The van der Waals surface area contributed by atoms with Gasteiger partial charge in [0, 0.05) is 26.2 Å². The number of morpholine rings is 1. The summed E-state index contributed by atoms with van der Waals surface area (Å²) in [5, 5.41) is 3.00. The maximum atomic E-state index is 12.5. The summed E-state index contributed by atoms with van der Waals surface area (Å²) in [6.07, 6.45) is -0.550. The highest BCUT2D eigenvalue weighted by Crippen LogP contribution is 2.26. The molecule has 0 aliphatic carbocycles. The smallest absolute Gasteiger partial charge is 0.261 e. The summed E-state index contributed by atoms with van der Waals surface area (Å²) in [6, 6.07) is 16.3. The topological polar surface area (TPSA) is 50.8 Å². The van der Waals surface area contributed by atoms with E-state index < -0.39 is 6.10 Å². The fraction of sp³-hybridized carbons (Fsp3) is 0.458. The van der Waals surface area contributed by atoms with Crippen LogP contribution in [0.2, 0.25) is 0 Å². The number of para-hydroxylation sites is 1. The monoisotopic (exact) mass is 396 g/mol. The van der Waals surface area contributed by atoms with E-state index in [0.29, 0.717) is 12.5 Å². The zero-order valence-electron chi connectivity index (χ0n) is 17.7. The molecule has 29 heavy (non-hydrogen) atoms. The lowest BCUT2D eigenvalue weighted by atomic mass is 10.0. The van der Waals surface area contributed by atoms with Gasteiger partial charge in [0.25, 0.3) is 5.91 Å². The van der Waals surface area contributed by atoms with Gasteiger partial charge in [0.15, 0.2) is 6.10 Å². The molecule has 0 radical (unpaired) electrons. The van der Waals surface area contributed by atoms with Crippen molar-refractivity contribution in [3.05, 3.63) is 65.2 Å². The molecule has 5 nitrogen and oxygen atoms in total. The van der Waals surface area contributed by atoms with Crippen molar-refractivity contribution in [2.45, 2.75) is 45.9 Å². The second-order valence-electron chi connectivity index (χ2n) is 7.88. The summed E-state index contributed by atoms with van der Waals surface area (Å²) < 4.78 is 11.4. The van der Waals surface area contributed by atoms with Crippen LogP contribution in [0.1, 0.15) is 43.4 Å². The zero-order valence-corrected chi connectivity index (χ0v) is 17.7. The maximum Gasteiger partial charge on any atom is 0.261 e. The summed E-state index contributed by atoms with van der Waals surface area (Å²) in [5.74, 6) is 1.01. The highest BCUT2D eigenvalue weighted by Gasteiger charge is 2.17. The third-order valence-corrected chi connectivity index (χ3v) is 5.18. The Kier molecular flexibility index (Phi) is 7.67. The van der Waals surface area contributed by atoms with Gasteiger partial charge in [-0.05, 0) is 35.6 Å². The van der Waals surface area contributed by atoms with Gasteiger partial charge < -0.3 is 14.8 Å². The quantitative estimate of drug-likeness (QED) is 0.739. The van der Waals surface area contributed by atoms with Gasteiger partial charge in [-0.2, -0.15) is 0 Å². The summed E-state index contributed by atoms with van der Waals surface area (Å²) >= 11 is 0. The molecule has 1 aliphatic rings. The molecule has 0 aromatic heterocycles. The van der Waals surface area contributed by atoms with Crippen LogP contribution in [0.15, 0.2) is 48.5 Å². The molecule has 0 bridgehead atoms. The fourth-order valence-corrected chi connectivity index (χ4v) is 3.50. The van der Waals surface area contributed by atoms with Crippen molar-refractivity contribution in [2.24, 2.45) is 0 Å². The van der Waals surface area contributed by atoms with Crippen molar-refractivity contribution in [1.29, 1.82) is 0 Å². The Morgan fingerprint density at radius 1 is 1.07 bits per heavy atom.